The summed E-state index contributed by atoms with van der Waals surface area (Å²) in [5.74, 6) is 0.406. The fraction of sp³-hybridized carbons (Fsp3) is 0.182. The molecule has 2 rings (SSSR count). The first kappa shape index (κ1) is 12.1. The van der Waals surface area contributed by atoms with Crippen LogP contribution in [-0.2, 0) is 10.5 Å². The average molecular weight is 269 g/mol. The summed E-state index contributed by atoms with van der Waals surface area (Å²) in [5.41, 5.74) is 0.926. The van der Waals surface area contributed by atoms with Crippen LogP contribution in [-0.4, -0.2) is 14.5 Å². The molecule has 0 saturated carbocycles. The van der Waals surface area contributed by atoms with Crippen LogP contribution in [0, 0.1) is 0 Å². The van der Waals surface area contributed by atoms with E-state index in [4.69, 9.17) is 11.6 Å². The zero-order valence-electron chi connectivity index (χ0n) is 9.01. The summed E-state index contributed by atoms with van der Waals surface area (Å²) in [6, 6.07) is 4.76. The molecule has 2 aromatic rings. The maximum absolute atomic E-state index is 11.8. The second-order valence-corrected chi connectivity index (χ2v) is 5.03. The fourth-order valence-corrected chi connectivity index (χ4v) is 2.04. The van der Waals surface area contributed by atoms with Gasteiger partial charge in [-0.25, -0.2) is 4.98 Å². The highest BCUT2D eigenvalue weighted by Gasteiger charge is 2.04. The summed E-state index contributed by atoms with van der Waals surface area (Å²) >= 11 is 6.93. The third-order valence-electron chi connectivity index (χ3n) is 2.10. The fourth-order valence-electron chi connectivity index (χ4n) is 1.38. The van der Waals surface area contributed by atoms with Crippen LogP contribution in [0.15, 0.2) is 29.2 Å². The molecule has 6 heteroatoms. The SMILES string of the molecule is CC(=O)SCc1cc(=O)n2cc(Cl)ccc2n1. The standard InChI is InChI=1S/C11H9ClN2O2S/c1-7(15)17-6-9-4-11(16)14-5-8(12)2-3-10(14)13-9/h2-5H,6H2,1H3. The second-order valence-electron chi connectivity index (χ2n) is 3.44. The highest BCUT2D eigenvalue weighted by molar-refractivity contribution is 8.12. The number of halogens is 1. The minimum atomic E-state index is -0.198. The maximum Gasteiger partial charge on any atom is 0.258 e. The van der Waals surface area contributed by atoms with Gasteiger partial charge in [0.15, 0.2) is 5.12 Å². The molecular weight excluding hydrogens is 260 g/mol. The van der Waals surface area contributed by atoms with Gasteiger partial charge in [-0.15, -0.1) is 0 Å². The van der Waals surface area contributed by atoms with Crippen LogP contribution in [0.25, 0.3) is 5.65 Å². The largest absolute Gasteiger partial charge is 0.288 e. The topological polar surface area (TPSA) is 51.4 Å². The van der Waals surface area contributed by atoms with Crippen molar-refractivity contribution in [3.63, 3.8) is 0 Å². The van der Waals surface area contributed by atoms with Crippen molar-refractivity contribution in [1.29, 1.82) is 0 Å². The van der Waals surface area contributed by atoms with E-state index >= 15 is 0 Å². The first-order valence-corrected chi connectivity index (χ1v) is 6.24. The van der Waals surface area contributed by atoms with E-state index in [2.05, 4.69) is 4.98 Å². The van der Waals surface area contributed by atoms with Crippen LogP contribution in [0.2, 0.25) is 5.02 Å². The molecule has 0 fully saturated rings. The van der Waals surface area contributed by atoms with E-state index in [9.17, 15) is 9.59 Å². The van der Waals surface area contributed by atoms with E-state index in [1.807, 2.05) is 0 Å². The van der Waals surface area contributed by atoms with Crippen molar-refractivity contribution in [1.82, 2.24) is 9.38 Å². The van der Waals surface area contributed by atoms with Crippen molar-refractivity contribution in [2.75, 3.05) is 0 Å². The monoisotopic (exact) mass is 268 g/mol. The third-order valence-corrected chi connectivity index (χ3v) is 3.17. The molecule has 0 radical (unpaired) electrons. The molecule has 2 heterocycles. The number of thioether (sulfide) groups is 1. The van der Waals surface area contributed by atoms with Gasteiger partial charge in [0.2, 0.25) is 0 Å². The van der Waals surface area contributed by atoms with Crippen LogP contribution >= 0.6 is 23.4 Å². The Morgan fingerprint density at radius 2 is 2.29 bits per heavy atom. The number of pyridine rings is 1. The van der Waals surface area contributed by atoms with Crippen LogP contribution < -0.4 is 5.56 Å². The highest BCUT2D eigenvalue weighted by Crippen LogP contribution is 2.12. The molecule has 0 N–H and O–H groups in total. The lowest BCUT2D eigenvalue weighted by molar-refractivity contribution is -0.109. The van der Waals surface area contributed by atoms with Gasteiger partial charge in [-0.2, -0.15) is 0 Å². The lowest BCUT2D eigenvalue weighted by Gasteiger charge is -2.03. The van der Waals surface area contributed by atoms with Gasteiger partial charge < -0.3 is 0 Å². The van der Waals surface area contributed by atoms with Gasteiger partial charge in [-0.3, -0.25) is 14.0 Å². The summed E-state index contributed by atoms with van der Waals surface area (Å²) in [6.45, 7) is 1.48. The molecule has 0 aliphatic carbocycles. The Hall–Kier alpha value is -1.33. The van der Waals surface area contributed by atoms with E-state index in [0.29, 0.717) is 22.1 Å². The molecule has 0 aromatic carbocycles. The number of nitrogens with zero attached hydrogens (tertiary/aromatic N) is 2. The van der Waals surface area contributed by atoms with Crippen molar-refractivity contribution in [3.05, 3.63) is 45.5 Å². The number of hydrogen-bond donors (Lipinski definition) is 0. The summed E-state index contributed by atoms with van der Waals surface area (Å²) in [6.07, 6.45) is 1.52. The zero-order chi connectivity index (χ0) is 12.4. The van der Waals surface area contributed by atoms with E-state index in [1.165, 1.54) is 23.6 Å². The van der Waals surface area contributed by atoms with Gasteiger partial charge in [0.25, 0.3) is 5.56 Å². The van der Waals surface area contributed by atoms with Crippen molar-refractivity contribution >= 4 is 34.1 Å². The first-order chi connectivity index (χ1) is 8.06. The summed E-state index contributed by atoms with van der Waals surface area (Å²) in [7, 11) is 0. The van der Waals surface area contributed by atoms with E-state index in [0.717, 1.165) is 11.8 Å². The van der Waals surface area contributed by atoms with Crippen LogP contribution in [0.3, 0.4) is 0 Å². The Balaban J connectivity index is 2.45. The van der Waals surface area contributed by atoms with Crippen LogP contribution in [0.1, 0.15) is 12.6 Å². The number of hydrogen-bond acceptors (Lipinski definition) is 4. The van der Waals surface area contributed by atoms with Crippen LogP contribution in [0.4, 0.5) is 0 Å². The Bertz CT molecular complexity index is 639. The third kappa shape index (κ3) is 2.87. The minimum absolute atomic E-state index is 0.00288. The van der Waals surface area contributed by atoms with Crippen LogP contribution in [0.5, 0.6) is 0 Å². The quantitative estimate of drug-likeness (QED) is 0.837. The second kappa shape index (κ2) is 4.89. The molecule has 0 unspecified atom stereocenters. The molecule has 0 amide bonds. The molecular formula is C11H9ClN2O2S. The summed E-state index contributed by atoms with van der Waals surface area (Å²) < 4.78 is 1.38. The number of fused-ring (bicyclic) bond motifs is 1. The molecule has 0 spiro atoms. The number of aromatic nitrogens is 2. The molecule has 4 nitrogen and oxygen atoms in total. The zero-order valence-corrected chi connectivity index (χ0v) is 10.6. The Morgan fingerprint density at radius 1 is 1.53 bits per heavy atom. The molecule has 88 valence electrons. The van der Waals surface area contributed by atoms with Gasteiger partial charge in [0.05, 0.1) is 10.7 Å². The molecule has 2 aromatic heterocycles. The van der Waals surface area contributed by atoms with Gasteiger partial charge >= 0.3 is 0 Å². The highest BCUT2D eigenvalue weighted by atomic mass is 35.5. The van der Waals surface area contributed by atoms with Gasteiger partial charge in [0.1, 0.15) is 5.65 Å². The number of carbonyl (C=O) groups is 1. The summed E-state index contributed by atoms with van der Waals surface area (Å²) in [5, 5.41) is 0.482. The van der Waals surface area contributed by atoms with Crippen molar-refractivity contribution in [2.24, 2.45) is 0 Å². The molecule has 17 heavy (non-hydrogen) atoms. The predicted octanol–water partition coefficient (Wildman–Crippen LogP) is 2.13. The predicted molar refractivity (Wildman–Crippen MR) is 68.4 cm³/mol. The van der Waals surface area contributed by atoms with Crippen molar-refractivity contribution < 1.29 is 4.79 Å². The smallest absolute Gasteiger partial charge is 0.258 e. The molecule has 0 aliphatic heterocycles. The van der Waals surface area contributed by atoms with E-state index in [1.54, 1.807) is 12.1 Å². The Labute approximate surface area is 107 Å². The number of carbonyl (C=O) groups excluding carboxylic acids is 1. The Kier molecular flexibility index (Phi) is 3.49. The van der Waals surface area contributed by atoms with Gasteiger partial charge in [0, 0.05) is 24.9 Å². The average Bonchev–Trinajstić information content (AvgIpc) is 2.27. The molecule has 0 atom stereocenters. The normalized spacial score (nSPS) is 10.7. The maximum atomic E-state index is 11.8. The van der Waals surface area contributed by atoms with Crippen molar-refractivity contribution in [3.8, 4) is 0 Å². The lowest BCUT2D eigenvalue weighted by Crippen LogP contribution is -2.15. The molecule has 0 saturated heterocycles. The first-order valence-electron chi connectivity index (χ1n) is 4.87. The van der Waals surface area contributed by atoms with E-state index < -0.39 is 0 Å². The lowest BCUT2D eigenvalue weighted by atomic mass is 10.4. The summed E-state index contributed by atoms with van der Waals surface area (Å²) in [4.78, 5) is 26.9. The van der Waals surface area contributed by atoms with E-state index in [-0.39, 0.29) is 10.7 Å². The molecule has 0 aliphatic rings. The Morgan fingerprint density at radius 3 is 3.00 bits per heavy atom. The number of rotatable bonds is 2. The van der Waals surface area contributed by atoms with Gasteiger partial charge in [-0.05, 0) is 12.1 Å². The van der Waals surface area contributed by atoms with Crippen molar-refractivity contribution in [2.45, 2.75) is 12.7 Å². The molecule has 0 bridgehead atoms. The minimum Gasteiger partial charge on any atom is -0.288 e. The van der Waals surface area contributed by atoms with Gasteiger partial charge in [-0.1, -0.05) is 23.4 Å².